The van der Waals surface area contributed by atoms with E-state index in [-0.39, 0.29) is 4.75 Å². The van der Waals surface area contributed by atoms with Crippen LogP contribution in [0.4, 0.5) is 4.79 Å². The molecular formula is C6H13NO2S. The molecule has 10 heavy (non-hydrogen) atoms. The Hall–Kier alpha value is -0.380. The number of hydrogen-bond acceptors (Lipinski definition) is 3. The summed E-state index contributed by atoms with van der Waals surface area (Å²) in [6, 6.07) is 0. The molecule has 0 bridgehead atoms. The van der Waals surface area contributed by atoms with Crippen LogP contribution in [-0.4, -0.2) is 24.5 Å². The van der Waals surface area contributed by atoms with Crippen LogP contribution in [0.5, 0.6) is 0 Å². The molecule has 0 rings (SSSR count). The molecule has 0 aromatic rings. The van der Waals surface area contributed by atoms with Gasteiger partial charge in [-0.25, -0.2) is 4.79 Å². The van der Waals surface area contributed by atoms with E-state index < -0.39 is 6.09 Å². The van der Waals surface area contributed by atoms with Crippen molar-refractivity contribution in [1.29, 1.82) is 0 Å². The Bertz CT molecular complexity index is 119. The maximum atomic E-state index is 10.5. The van der Waals surface area contributed by atoms with Crippen molar-refractivity contribution in [2.45, 2.75) is 18.6 Å². The third-order valence-corrected chi connectivity index (χ3v) is 1.01. The fourth-order valence-electron chi connectivity index (χ4n) is 0.361. The first-order chi connectivity index (χ1) is 4.45. The number of carbonyl (C=O) groups excluding carboxylic acids is 1. The lowest BCUT2D eigenvalue weighted by molar-refractivity contribution is 0.170. The first-order valence-corrected chi connectivity index (χ1v) is 3.44. The van der Waals surface area contributed by atoms with E-state index in [0.717, 1.165) is 0 Å². The van der Waals surface area contributed by atoms with Gasteiger partial charge in [0.15, 0.2) is 0 Å². The van der Waals surface area contributed by atoms with Gasteiger partial charge in [-0.3, -0.25) is 0 Å². The van der Waals surface area contributed by atoms with Gasteiger partial charge in [-0.1, -0.05) is 0 Å². The number of nitrogens with one attached hydrogen (secondary N) is 1. The van der Waals surface area contributed by atoms with Crippen molar-refractivity contribution >= 4 is 18.7 Å². The fraction of sp³-hybridized carbons (Fsp3) is 0.833. The van der Waals surface area contributed by atoms with Gasteiger partial charge in [-0.15, -0.1) is 0 Å². The van der Waals surface area contributed by atoms with Crippen molar-refractivity contribution in [2.75, 3.05) is 13.7 Å². The van der Waals surface area contributed by atoms with Crippen molar-refractivity contribution < 1.29 is 9.53 Å². The number of carbonyl (C=O) groups is 1. The Morgan fingerprint density at radius 3 is 2.50 bits per heavy atom. The smallest absolute Gasteiger partial charge is 0.406 e. The lowest BCUT2D eigenvalue weighted by Gasteiger charge is -2.16. The fourth-order valence-corrected chi connectivity index (χ4v) is 0.440. The van der Waals surface area contributed by atoms with Gasteiger partial charge in [-0.05, 0) is 13.8 Å². The normalized spacial score (nSPS) is 10.8. The Balaban J connectivity index is 3.46. The van der Waals surface area contributed by atoms with Crippen LogP contribution in [0.1, 0.15) is 13.8 Å². The lowest BCUT2D eigenvalue weighted by Crippen LogP contribution is -2.34. The minimum absolute atomic E-state index is 0.186. The predicted octanol–water partition coefficient (Wildman–Crippen LogP) is 1.05. The second-order valence-corrected chi connectivity index (χ2v) is 3.87. The summed E-state index contributed by atoms with van der Waals surface area (Å²) in [4.78, 5) is 10.5. The standard InChI is InChI=1S/C6H13NO2S/c1-6(2,10)4-7-5(8)9-3/h10H,4H2,1-3H3,(H,7,8). The Labute approximate surface area is 66.5 Å². The Kier molecular flexibility index (Phi) is 3.57. The Morgan fingerprint density at radius 1 is 1.70 bits per heavy atom. The summed E-state index contributed by atoms with van der Waals surface area (Å²) in [5.41, 5.74) is 0. The SMILES string of the molecule is COC(=O)NCC(C)(C)S. The number of alkyl carbamates (subject to hydrolysis) is 1. The van der Waals surface area contributed by atoms with E-state index in [1.807, 2.05) is 13.8 Å². The second-order valence-electron chi connectivity index (χ2n) is 2.66. The average Bonchev–Trinajstić information content (AvgIpc) is 1.81. The molecule has 0 aliphatic carbocycles. The molecule has 0 aromatic heterocycles. The molecule has 0 unspecified atom stereocenters. The van der Waals surface area contributed by atoms with Crippen molar-refractivity contribution in [3.8, 4) is 0 Å². The lowest BCUT2D eigenvalue weighted by atomic mass is 10.2. The molecule has 0 spiro atoms. The highest BCUT2D eigenvalue weighted by Gasteiger charge is 2.12. The topological polar surface area (TPSA) is 38.3 Å². The summed E-state index contributed by atoms with van der Waals surface area (Å²) in [7, 11) is 1.33. The second kappa shape index (κ2) is 3.71. The van der Waals surface area contributed by atoms with Crippen LogP contribution in [0.2, 0.25) is 0 Å². The van der Waals surface area contributed by atoms with Crippen LogP contribution >= 0.6 is 12.6 Å². The van der Waals surface area contributed by atoms with Gasteiger partial charge in [0.1, 0.15) is 0 Å². The number of methoxy groups -OCH3 is 1. The van der Waals surface area contributed by atoms with Crippen LogP contribution < -0.4 is 5.32 Å². The van der Waals surface area contributed by atoms with Gasteiger partial charge < -0.3 is 10.1 Å². The molecule has 0 aliphatic heterocycles. The molecule has 0 heterocycles. The number of thiol groups is 1. The van der Waals surface area contributed by atoms with Crippen molar-refractivity contribution in [3.63, 3.8) is 0 Å². The van der Waals surface area contributed by atoms with E-state index in [9.17, 15) is 4.79 Å². The maximum absolute atomic E-state index is 10.5. The molecule has 60 valence electrons. The third kappa shape index (κ3) is 5.75. The summed E-state index contributed by atoms with van der Waals surface area (Å²) >= 11 is 4.20. The molecule has 0 aliphatic rings. The third-order valence-electron chi connectivity index (χ3n) is 0.851. The number of ether oxygens (including phenoxy) is 1. The van der Waals surface area contributed by atoms with Crippen LogP contribution in [0.25, 0.3) is 0 Å². The minimum atomic E-state index is -0.415. The van der Waals surface area contributed by atoms with Gasteiger partial charge in [0, 0.05) is 11.3 Å². The van der Waals surface area contributed by atoms with Gasteiger partial charge in [0.05, 0.1) is 7.11 Å². The summed E-state index contributed by atoms with van der Waals surface area (Å²) in [6.45, 7) is 4.32. The van der Waals surface area contributed by atoms with E-state index in [0.29, 0.717) is 6.54 Å². The first-order valence-electron chi connectivity index (χ1n) is 3.00. The highest BCUT2D eigenvalue weighted by Crippen LogP contribution is 2.08. The van der Waals surface area contributed by atoms with Crippen LogP contribution in [0, 0.1) is 0 Å². The molecular weight excluding hydrogens is 150 g/mol. The largest absolute Gasteiger partial charge is 0.453 e. The molecule has 0 saturated carbocycles. The maximum Gasteiger partial charge on any atom is 0.406 e. The van der Waals surface area contributed by atoms with Crippen molar-refractivity contribution in [3.05, 3.63) is 0 Å². The molecule has 0 saturated heterocycles. The van der Waals surface area contributed by atoms with Gasteiger partial charge in [-0.2, -0.15) is 12.6 Å². The van der Waals surface area contributed by atoms with Crippen molar-refractivity contribution in [1.82, 2.24) is 5.32 Å². The van der Waals surface area contributed by atoms with E-state index in [1.54, 1.807) is 0 Å². The highest BCUT2D eigenvalue weighted by molar-refractivity contribution is 7.81. The minimum Gasteiger partial charge on any atom is -0.453 e. The van der Waals surface area contributed by atoms with Crippen LogP contribution in [0.3, 0.4) is 0 Å². The number of hydrogen-bond donors (Lipinski definition) is 2. The molecule has 0 atom stereocenters. The Morgan fingerprint density at radius 2 is 2.20 bits per heavy atom. The molecule has 4 heteroatoms. The molecule has 1 N–H and O–H groups in total. The zero-order chi connectivity index (χ0) is 8.20. The van der Waals surface area contributed by atoms with Crippen molar-refractivity contribution in [2.24, 2.45) is 0 Å². The number of amides is 1. The predicted molar refractivity (Wildman–Crippen MR) is 43.5 cm³/mol. The van der Waals surface area contributed by atoms with E-state index in [1.165, 1.54) is 7.11 Å². The zero-order valence-electron chi connectivity index (χ0n) is 6.47. The van der Waals surface area contributed by atoms with Gasteiger partial charge in [0.25, 0.3) is 0 Å². The molecule has 0 radical (unpaired) electrons. The quantitative estimate of drug-likeness (QED) is 0.597. The van der Waals surface area contributed by atoms with E-state index in [4.69, 9.17) is 0 Å². The summed E-state index contributed by atoms with van der Waals surface area (Å²) in [6.07, 6.45) is -0.415. The molecule has 1 amide bonds. The summed E-state index contributed by atoms with van der Waals surface area (Å²) in [5.74, 6) is 0. The average molecular weight is 163 g/mol. The van der Waals surface area contributed by atoms with E-state index in [2.05, 4.69) is 22.7 Å². The first kappa shape index (κ1) is 9.62. The van der Waals surface area contributed by atoms with Gasteiger partial charge in [0.2, 0.25) is 0 Å². The zero-order valence-corrected chi connectivity index (χ0v) is 7.37. The van der Waals surface area contributed by atoms with Crippen LogP contribution in [-0.2, 0) is 4.74 Å². The molecule has 3 nitrogen and oxygen atoms in total. The molecule has 0 aromatic carbocycles. The summed E-state index contributed by atoms with van der Waals surface area (Å²) in [5, 5.41) is 2.53. The summed E-state index contributed by atoms with van der Waals surface area (Å²) < 4.78 is 4.18. The number of rotatable bonds is 2. The van der Waals surface area contributed by atoms with Gasteiger partial charge >= 0.3 is 6.09 Å². The molecule has 0 fully saturated rings. The highest BCUT2D eigenvalue weighted by atomic mass is 32.1. The monoisotopic (exact) mass is 163 g/mol. The van der Waals surface area contributed by atoms with E-state index >= 15 is 0 Å². The van der Waals surface area contributed by atoms with Crippen LogP contribution in [0.15, 0.2) is 0 Å².